The molecule has 0 aliphatic carbocycles. The van der Waals surface area contributed by atoms with E-state index in [2.05, 4.69) is 38.7 Å². The fraction of sp³-hybridized carbons (Fsp3) is 0.615. The van der Waals surface area contributed by atoms with Gasteiger partial charge in [0.15, 0.2) is 0 Å². The molecule has 1 aromatic heterocycles. The maximum Gasteiger partial charge on any atom is 0.0435 e. The van der Waals surface area contributed by atoms with E-state index in [0.29, 0.717) is 5.92 Å². The Morgan fingerprint density at radius 1 is 1.33 bits per heavy atom. The van der Waals surface area contributed by atoms with Crippen LogP contribution in [0.1, 0.15) is 37.6 Å². The Bertz CT molecular complexity index is 282. The Balaban J connectivity index is 0.000000583. The van der Waals surface area contributed by atoms with Crippen molar-refractivity contribution in [1.82, 2.24) is 4.98 Å². The molecule has 0 aliphatic rings. The first-order valence-corrected chi connectivity index (χ1v) is 5.54. The Morgan fingerprint density at radius 2 is 1.87 bits per heavy atom. The highest BCUT2D eigenvalue weighted by molar-refractivity contribution is 5.23. The lowest BCUT2D eigenvalue weighted by atomic mass is 10.0. The lowest BCUT2D eigenvalue weighted by Crippen LogP contribution is -2.00. The summed E-state index contributed by atoms with van der Waals surface area (Å²) in [6.07, 6.45) is 3.04. The molecule has 0 spiro atoms. The van der Waals surface area contributed by atoms with E-state index >= 15 is 0 Å². The summed E-state index contributed by atoms with van der Waals surface area (Å²) in [5.74, 6) is 0.693. The molecule has 2 heteroatoms. The minimum atomic E-state index is 0.250. The lowest BCUT2D eigenvalue weighted by molar-refractivity contribution is 0.318. The van der Waals surface area contributed by atoms with Crippen LogP contribution >= 0.6 is 0 Å². The van der Waals surface area contributed by atoms with Gasteiger partial charge in [-0.2, -0.15) is 0 Å². The summed E-state index contributed by atoms with van der Waals surface area (Å²) >= 11 is 0. The van der Waals surface area contributed by atoms with Gasteiger partial charge in [-0.15, -0.1) is 0 Å². The van der Waals surface area contributed by atoms with Crippen LogP contribution in [0.5, 0.6) is 0 Å². The van der Waals surface area contributed by atoms with Crippen molar-refractivity contribution in [1.29, 1.82) is 0 Å². The first kappa shape index (κ1) is 14.1. The lowest BCUT2D eigenvalue weighted by Gasteiger charge is -2.07. The summed E-state index contributed by atoms with van der Waals surface area (Å²) in [7, 11) is 0. The fourth-order valence-electron chi connectivity index (χ4n) is 1.34. The standard InChI is InChI=1S/C11H17N.C2H6O/c1-8(2)5-11-10(4)6-9(3)7-12-11;1-2-3/h6-8H,5H2,1-4H3;3H,2H2,1H3. The number of aliphatic hydroxyl groups excluding tert-OH is 1. The zero-order valence-corrected chi connectivity index (χ0v) is 10.5. The van der Waals surface area contributed by atoms with Crippen molar-refractivity contribution >= 4 is 0 Å². The molecule has 1 rings (SSSR count). The highest BCUT2D eigenvalue weighted by atomic mass is 16.2. The second kappa shape index (κ2) is 7.41. The van der Waals surface area contributed by atoms with E-state index in [1.165, 1.54) is 16.8 Å². The minimum Gasteiger partial charge on any atom is -0.397 e. The molecule has 0 fully saturated rings. The molecule has 0 radical (unpaired) electrons. The maximum absolute atomic E-state index is 7.57. The van der Waals surface area contributed by atoms with Crippen LogP contribution in [0.25, 0.3) is 0 Å². The molecule has 0 saturated heterocycles. The van der Waals surface area contributed by atoms with E-state index < -0.39 is 0 Å². The largest absolute Gasteiger partial charge is 0.397 e. The number of pyridine rings is 1. The van der Waals surface area contributed by atoms with Gasteiger partial charge in [-0.25, -0.2) is 0 Å². The summed E-state index contributed by atoms with van der Waals surface area (Å²) in [5.41, 5.74) is 3.82. The Kier molecular flexibility index (Phi) is 6.97. The maximum atomic E-state index is 7.57. The molecule has 0 aliphatic heterocycles. The quantitative estimate of drug-likeness (QED) is 0.812. The average Bonchev–Trinajstić information content (AvgIpc) is 2.11. The van der Waals surface area contributed by atoms with Gasteiger partial charge in [0.1, 0.15) is 0 Å². The molecule has 0 amide bonds. The van der Waals surface area contributed by atoms with Gasteiger partial charge in [-0.05, 0) is 44.2 Å². The van der Waals surface area contributed by atoms with E-state index in [9.17, 15) is 0 Å². The van der Waals surface area contributed by atoms with Crippen molar-refractivity contribution in [2.24, 2.45) is 5.92 Å². The molecule has 0 bridgehead atoms. The molecule has 0 aromatic carbocycles. The molecule has 1 aromatic rings. The van der Waals surface area contributed by atoms with Crippen molar-refractivity contribution in [3.8, 4) is 0 Å². The monoisotopic (exact) mass is 209 g/mol. The summed E-state index contributed by atoms with van der Waals surface area (Å²) < 4.78 is 0. The van der Waals surface area contributed by atoms with Crippen molar-refractivity contribution in [3.63, 3.8) is 0 Å². The predicted molar refractivity (Wildman–Crippen MR) is 65.0 cm³/mol. The van der Waals surface area contributed by atoms with Gasteiger partial charge in [0.05, 0.1) is 0 Å². The van der Waals surface area contributed by atoms with Crippen molar-refractivity contribution in [2.45, 2.75) is 41.0 Å². The van der Waals surface area contributed by atoms with E-state index in [0.717, 1.165) is 6.42 Å². The number of nitrogens with zero attached hydrogens (tertiary/aromatic N) is 1. The second-order valence-electron chi connectivity index (χ2n) is 4.19. The van der Waals surface area contributed by atoms with Crippen molar-refractivity contribution < 1.29 is 5.11 Å². The third-order valence-electron chi connectivity index (χ3n) is 1.92. The van der Waals surface area contributed by atoms with Crippen LogP contribution in [0.3, 0.4) is 0 Å². The highest BCUT2D eigenvalue weighted by Crippen LogP contribution is 2.11. The van der Waals surface area contributed by atoms with Gasteiger partial charge in [-0.3, -0.25) is 4.98 Å². The van der Waals surface area contributed by atoms with E-state index in [4.69, 9.17) is 5.11 Å². The topological polar surface area (TPSA) is 33.1 Å². The number of rotatable bonds is 2. The predicted octanol–water partition coefficient (Wildman–Crippen LogP) is 2.90. The van der Waals surface area contributed by atoms with E-state index in [1.807, 2.05) is 6.20 Å². The molecule has 0 saturated carbocycles. The number of aryl methyl sites for hydroxylation is 2. The van der Waals surface area contributed by atoms with Crippen LogP contribution in [-0.4, -0.2) is 16.7 Å². The Labute approximate surface area is 93.4 Å². The zero-order valence-electron chi connectivity index (χ0n) is 10.5. The third-order valence-corrected chi connectivity index (χ3v) is 1.92. The number of aromatic nitrogens is 1. The van der Waals surface area contributed by atoms with Gasteiger partial charge >= 0.3 is 0 Å². The van der Waals surface area contributed by atoms with Crippen LogP contribution in [0, 0.1) is 19.8 Å². The van der Waals surface area contributed by atoms with Gasteiger partial charge in [0.25, 0.3) is 0 Å². The zero-order chi connectivity index (χ0) is 11.8. The van der Waals surface area contributed by atoms with E-state index in [-0.39, 0.29) is 6.61 Å². The molecule has 1 N–H and O–H groups in total. The number of hydrogen-bond donors (Lipinski definition) is 1. The number of hydrogen-bond acceptors (Lipinski definition) is 2. The fourth-order valence-corrected chi connectivity index (χ4v) is 1.34. The summed E-state index contributed by atoms with van der Waals surface area (Å²) in [5, 5.41) is 7.57. The van der Waals surface area contributed by atoms with E-state index in [1.54, 1.807) is 6.92 Å². The molecular weight excluding hydrogens is 186 g/mol. The smallest absolute Gasteiger partial charge is 0.0435 e. The van der Waals surface area contributed by atoms with Crippen molar-refractivity contribution in [2.75, 3.05) is 6.61 Å². The van der Waals surface area contributed by atoms with Crippen molar-refractivity contribution in [3.05, 3.63) is 29.1 Å². The van der Waals surface area contributed by atoms with Gasteiger partial charge in [-0.1, -0.05) is 19.9 Å². The summed E-state index contributed by atoms with van der Waals surface area (Å²) in [4.78, 5) is 4.42. The Hall–Kier alpha value is -0.890. The molecular formula is C13H23NO. The Morgan fingerprint density at radius 3 is 2.27 bits per heavy atom. The van der Waals surface area contributed by atoms with Crippen LogP contribution in [-0.2, 0) is 6.42 Å². The van der Waals surface area contributed by atoms with Crippen LogP contribution in [0.2, 0.25) is 0 Å². The first-order valence-electron chi connectivity index (χ1n) is 5.54. The van der Waals surface area contributed by atoms with Crippen LogP contribution in [0.4, 0.5) is 0 Å². The third kappa shape index (κ3) is 6.24. The molecule has 1 heterocycles. The average molecular weight is 209 g/mol. The minimum absolute atomic E-state index is 0.250. The molecule has 0 unspecified atom stereocenters. The molecule has 2 nitrogen and oxygen atoms in total. The second-order valence-corrected chi connectivity index (χ2v) is 4.19. The first-order chi connectivity index (χ1) is 7.01. The molecule has 0 atom stereocenters. The van der Waals surface area contributed by atoms with Gasteiger partial charge in [0.2, 0.25) is 0 Å². The molecule has 15 heavy (non-hydrogen) atoms. The summed E-state index contributed by atoms with van der Waals surface area (Å²) in [6, 6.07) is 2.20. The number of aliphatic hydroxyl groups is 1. The SMILES string of the molecule is CCO.Cc1cnc(CC(C)C)c(C)c1. The summed E-state index contributed by atoms with van der Waals surface area (Å²) in [6.45, 7) is 10.6. The normalized spacial score (nSPS) is 9.80. The highest BCUT2D eigenvalue weighted by Gasteiger charge is 2.02. The van der Waals surface area contributed by atoms with Gasteiger partial charge < -0.3 is 5.11 Å². The van der Waals surface area contributed by atoms with Crippen LogP contribution < -0.4 is 0 Å². The van der Waals surface area contributed by atoms with Gasteiger partial charge in [0, 0.05) is 18.5 Å². The van der Waals surface area contributed by atoms with Crippen LogP contribution in [0.15, 0.2) is 12.3 Å². The molecule has 86 valence electrons.